The summed E-state index contributed by atoms with van der Waals surface area (Å²) in [6.45, 7) is 4.18. The molecule has 0 unspecified atom stereocenters. The van der Waals surface area contributed by atoms with Crippen molar-refractivity contribution in [3.05, 3.63) is 47.5 Å². The summed E-state index contributed by atoms with van der Waals surface area (Å²) in [6, 6.07) is 11.6. The van der Waals surface area contributed by atoms with Crippen molar-refractivity contribution in [3.8, 4) is 17.2 Å². The van der Waals surface area contributed by atoms with Crippen molar-refractivity contribution in [2.75, 3.05) is 40.4 Å². The van der Waals surface area contributed by atoms with Crippen LogP contribution < -0.4 is 9.47 Å². The molecule has 8 heteroatoms. The SMILES string of the molecule is COC(=O)CC(=O)N1CCN(C2=Nc3ccc(C)cc3Oc3ccc(OC)cc32)CC1. The molecule has 2 aliphatic rings. The van der Waals surface area contributed by atoms with Crippen molar-refractivity contribution in [2.45, 2.75) is 13.3 Å². The van der Waals surface area contributed by atoms with Crippen LogP contribution in [0.4, 0.5) is 5.69 Å². The number of carbonyl (C=O) groups excluding carboxylic acids is 2. The number of piperazine rings is 1. The molecule has 0 spiro atoms. The Morgan fingerprint density at radius 2 is 1.81 bits per heavy atom. The van der Waals surface area contributed by atoms with Crippen LogP contribution in [0.15, 0.2) is 41.4 Å². The average molecular weight is 423 g/mol. The van der Waals surface area contributed by atoms with Gasteiger partial charge in [0.15, 0.2) is 5.75 Å². The highest BCUT2D eigenvalue weighted by Gasteiger charge is 2.28. The molecule has 0 bridgehead atoms. The van der Waals surface area contributed by atoms with Gasteiger partial charge >= 0.3 is 5.97 Å². The summed E-state index contributed by atoms with van der Waals surface area (Å²) in [7, 11) is 2.91. The minimum Gasteiger partial charge on any atom is -0.497 e. The van der Waals surface area contributed by atoms with Gasteiger partial charge in [-0.1, -0.05) is 6.07 Å². The van der Waals surface area contributed by atoms with Gasteiger partial charge in [-0.05, 0) is 42.8 Å². The lowest BCUT2D eigenvalue weighted by molar-refractivity contribution is -0.147. The summed E-state index contributed by atoms with van der Waals surface area (Å²) in [6.07, 6.45) is -0.238. The summed E-state index contributed by atoms with van der Waals surface area (Å²) in [5.74, 6) is 2.15. The maximum atomic E-state index is 12.3. The normalized spacial score (nSPS) is 15.1. The summed E-state index contributed by atoms with van der Waals surface area (Å²) in [4.78, 5) is 32.5. The van der Waals surface area contributed by atoms with Crippen molar-refractivity contribution in [2.24, 2.45) is 4.99 Å². The number of amidine groups is 1. The third kappa shape index (κ3) is 4.33. The van der Waals surface area contributed by atoms with Gasteiger partial charge in [0.05, 0.1) is 19.8 Å². The molecule has 2 aromatic rings. The fourth-order valence-corrected chi connectivity index (χ4v) is 3.70. The Morgan fingerprint density at radius 3 is 2.52 bits per heavy atom. The van der Waals surface area contributed by atoms with E-state index in [-0.39, 0.29) is 12.3 Å². The van der Waals surface area contributed by atoms with E-state index in [1.807, 2.05) is 43.3 Å². The van der Waals surface area contributed by atoms with E-state index in [9.17, 15) is 9.59 Å². The minimum absolute atomic E-state index is 0.222. The number of benzene rings is 2. The molecule has 162 valence electrons. The molecule has 4 rings (SSSR count). The van der Waals surface area contributed by atoms with E-state index < -0.39 is 5.97 Å². The highest BCUT2D eigenvalue weighted by Crippen LogP contribution is 2.40. The van der Waals surface area contributed by atoms with E-state index in [0.717, 1.165) is 22.6 Å². The molecule has 0 aliphatic carbocycles. The number of rotatable bonds is 3. The summed E-state index contributed by atoms with van der Waals surface area (Å²) >= 11 is 0. The number of ether oxygens (including phenoxy) is 3. The zero-order valence-corrected chi connectivity index (χ0v) is 17.9. The Morgan fingerprint density at radius 1 is 1.03 bits per heavy atom. The van der Waals surface area contributed by atoms with Crippen LogP contribution in [0.25, 0.3) is 0 Å². The molecule has 2 aliphatic heterocycles. The molecule has 0 saturated carbocycles. The summed E-state index contributed by atoms with van der Waals surface area (Å²) < 4.78 is 16.2. The van der Waals surface area contributed by atoms with Gasteiger partial charge in [-0.25, -0.2) is 4.99 Å². The van der Waals surface area contributed by atoms with Gasteiger partial charge in [0.1, 0.15) is 29.4 Å². The van der Waals surface area contributed by atoms with E-state index in [0.29, 0.717) is 43.4 Å². The van der Waals surface area contributed by atoms with Gasteiger partial charge in [0, 0.05) is 26.2 Å². The number of hydrogen-bond donors (Lipinski definition) is 0. The third-order valence-electron chi connectivity index (χ3n) is 5.44. The van der Waals surface area contributed by atoms with Crippen molar-refractivity contribution < 1.29 is 23.8 Å². The fraction of sp³-hybridized carbons (Fsp3) is 0.348. The average Bonchev–Trinajstić information content (AvgIpc) is 2.94. The maximum Gasteiger partial charge on any atom is 0.315 e. The van der Waals surface area contributed by atoms with E-state index in [4.69, 9.17) is 14.5 Å². The highest BCUT2D eigenvalue weighted by molar-refractivity contribution is 6.04. The quantitative estimate of drug-likeness (QED) is 0.558. The van der Waals surface area contributed by atoms with Crippen LogP contribution in [-0.4, -0.2) is 67.9 Å². The van der Waals surface area contributed by atoms with Crippen LogP contribution in [-0.2, 0) is 14.3 Å². The number of fused-ring (bicyclic) bond motifs is 2. The number of esters is 1. The zero-order chi connectivity index (χ0) is 22.0. The van der Waals surface area contributed by atoms with E-state index in [1.54, 1.807) is 12.0 Å². The van der Waals surface area contributed by atoms with Gasteiger partial charge < -0.3 is 24.0 Å². The Bertz CT molecular complexity index is 1040. The van der Waals surface area contributed by atoms with Gasteiger partial charge in [0.2, 0.25) is 5.91 Å². The third-order valence-corrected chi connectivity index (χ3v) is 5.44. The van der Waals surface area contributed by atoms with Crippen molar-refractivity contribution in [1.29, 1.82) is 0 Å². The molecular weight excluding hydrogens is 398 g/mol. The molecule has 0 atom stereocenters. The lowest BCUT2D eigenvalue weighted by Gasteiger charge is -2.36. The second-order valence-corrected chi connectivity index (χ2v) is 7.49. The minimum atomic E-state index is -0.523. The Kier molecular flexibility index (Phi) is 5.79. The monoisotopic (exact) mass is 423 g/mol. The van der Waals surface area contributed by atoms with E-state index in [1.165, 1.54) is 7.11 Å². The predicted molar refractivity (Wildman–Crippen MR) is 115 cm³/mol. The standard InChI is InChI=1S/C23H25N3O5/c1-15-4-6-18-20(12-15)31-19-7-5-16(29-2)13-17(19)23(24-18)26-10-8-25(9-11-26)21(27)14-22(28)30-3/h4-7,12-13H,8-11,14H2,1-3H3. The number of hydrogen-bond acceptors (Lipinski definition) is 7. The Labute approximate surface area is 181 Å². The first kappa shape index (κ1) is 20.7. The summed E-state index contributed by atoms with van der Waals surface area (Å²) in [5.41, 5.74) is 2.67. The molecule has 0 aromatic heterocycles. The Hall–Kier alpha value is -3.55. The largest absolute Gasteiger partial charge is 0.497 e. The lowest BCUT2D eigenvalue weighted by atomic mass is 10.1. The second kappa shape index (κ2) is 8.67. The van der Waals surface area contributed by atoms with Crippen LogP contribution in [0.1, 0.15) is 17.5 Å². The number of amides is 1. The first-order valence-corrected chi connectivity index (χ1v) is 10.1. The zero-order valence-electron chi connectivity index (χ0n) is 17.9. The Balaban J connectivity index is 1.63. The van der Waals surface area contributed by atoms with E-state index >= 15 is 0 Å². The maximum absolute atomic E-state index is 12.3. The number of nitrogens with zero attached hydrogens (tertiary/aromatic N) is 3. The number of carbonyl (C=O) groups is 2. The number of aryl methyl sites for hydroxylation is 1. The van der Waals surface area contributed by atoms with Crippen LogP contribution in [0, 0.1) is 6.92 Å². The molecular formula is C23H25N3O5. The van der Waals surface area contributed by atoms with Crippen LogP contribution in [0.2, 0.25) is 0 Å². The molecule has 1 amide bonds. The van der Waals surface area contributed by atoms with Crippen molar-refractivity contribution in [1.82, 2.24) is 9.80 Å². The van der Waals surface area contributed by atoms with Crippen molar-refractivity contribution in [3.63, 3.8) is 0 Å². The molecule has 8 nitrogen and oxygen atoms in total. The molecule has 1 fully saturated rings. The fourth-order valence-electron chi connectivity index (χ4n) is 3.70. The smallest absolute Gasteiger partial charge is 0.315 e. The van der Waals surface area contributed by atoms with Crippen LogP contribution in [0.3, 0.4) is 0 Å². The summed E-state index contributed by atoms with van der Waals surface area (Å²) in [5, 5.41) is 0. The van der Waals surface area contributed by atoms with Gasteiger partial charge in [-0.3, -0.25) is 9.59 Å². The van der Waals surface area contributed by atoms with Gasteiger partial charge in [-0.15, -0.1) is 0 Å². The van der Waals surface area contributed by atoms with Crippen molar-refractivity contribution >= 4 is 23.4 Å². The topological polar surface area (TPSA) is 80.7 Å². The van der Waals surface area contributed by atoms with Gasteiger partial charge in [0.25, 0.3) is 0 Å². The number of aliphatic imine (C=N–C) groups is 1. The number of methoxy groups -OCH3 is 2. The molecule has 0 N–H and O–H groups in total. The van der Waals surface area contributed by atoms with Crippen LogP contribution in [0.5, 0.6) is 17.2 Å². The molecule has 2 heterocycles. The molecule has 0 radical (unpaired) electrons. The lowest BCUT2D eigenvalue weighted by Crippen LogP contribution is -2.51. The molecule has 31 heavy (non-hydrogen) atoms. The predicted octanol–water partition coefficient (Wildman–Crippen LogP) is 2.89. The first-order valence-electron chi connectivity index (χ1n) is 10.1. The van der Waals surface area contributed by atoms with Gasteiger partial charge in [-0.2, -0.15) is 0 Å². The highest BCUT2D eigenvalue weighted by atomic mass is 16.5. The van der Waals surface area contributed by atoms with E-state index in [2.05, 4.69) is 9.64 Å². The first-order chi connectivity index (χ1) is 15.0. The molecule has 2 aromatic carbocycles. The second-order valence-electron chi connectivity index (χ2n) is 7.49. The van der Waals surface area contributed by atoms with Crippen LogP contribution >= 0.6 is 0 Å². The molecule has 1 saturated heterocycles.